The van der Waals surface area contributed by atoms with Crippen LogP contribution in [0.3, 0.4) is 0 Å². The predicted molar refractivity (Wildman–Crippen MR) is 95.6 cm³/mol. The van der Waals surface area contributed by atoms with E-state index < -0.39 is 10.0 Å². The number of carbonyl (C=O) groups is 1. The van der Waals surface area contributed by atoms with E-state index in [-0.39, 0.29) is 16.2 Å². The van der Waals surface area contributed by atoms with Crippen LogP contribution < -0.4 is 10.5 Å². The molecular formula is C18H22N2O3S. The second kappa shape index (κ2) is 6.37. The Morgan fingerprint density at radius 1 is 1.04 bits per heavy atom. The molecule has 0 heterocycles. The summed E-state index contributed by atoms with van der Waals surface area (Å²) in [5.41, 5.74) is 2.56. The van der Waals surface area contributed by atoms with E-state index >= 15 is 0 Å². The average Bonchev–Trinajstić information content (AvgIpc) is 2.47. The maximum atomic E-state index is 12.3. The number of hydrogen-bond acceptors (Lipinski definition) is 3. The predicted octanol–water partition coefficient (Wildman–Crippen LogP) is 3.19. The molecule has 0 fully saturated rings. The molecule has 1 amide bonds. The van der Waals surface area contributed by atoms with Gasteiger partial charge in [0.2, 0.25) is 10.0 Å². The summed E-state index contributed by atoms with van der Waals surface area (Å²) in [5, 5.41) is 7.88. The summed E-state index contributed by atoms with van der Waals surface area (Å²) in [7, 11) is -3.83. The van der Waals surface area contributed by atoms with Crippen molar-refractivity contribution in [2.45, 2.75) is 38.0 Å². The van der Waals surface area contributed by atoms with Crippen LogP contribution in [-0.4, -0.2) is 14.3 Å². The van der Waals surface area contributed by atoms with E-state index in [0.29, 0.717) is 16.8 Å². The molecule has 0 spiro atoms. The van der Waals surface area contributed by atoms with E-state index in [1.165, 1.54) is 6.07 Å². The summed E-state index contributed by atoms with van der Waals surface area (Å²) in [6.45, 7) is 7.95. The largest absolute Gasteiger partial charge is 0.322 e. The van der Waals surface area contributed by atoms with E-state index in [1.807, 2.05) is 12.1 Å². The first kappa shape index (κ1) is 18.2. The Bertz CT molecular complexity index is 864. The number of benzene rings is 2. The lowest BCUT2D eigenvalue weighted by molar-refractivity contribution is 0.102. The molecule has 3 N–H and O–H groups in total. The highest BCUT2D eigenvalue weighted by Crippen LogP contribution is 2.23. The van der Waals surface area contributed by atoms with Crippen molar-refractivity contribution in [2.75, 3.05) is 5.32 Å². The number of aryl methyl sites for hydroxylation is 1. The van der Waals surface area contributed by atoms with Crippen LogP contribution in [0.1, 0.15) is 42.3 Å². The molecule has 0 atom stereocenters. The van der Waals surface area contributed by atoms with Crippen LogP contribution in [0.2, 0.25) is 0 Å². The molecule has 2 rings (SSSR count). The van der Waals surface area contributed by atoms with Crippen molar-refractivity contribution in [2.24, 2.45) is 5.14 Å². The number of primary sulfonamides is 1. The molecule has 0 unspecified atom stereocenters. The fourth-order valence-corrected chi connectivity index (χ4v) is 3.12. The van der Waals surface area contributed by atoms with E-state index in [2.05, 4.69) is 26.1 Å². The van der Waals surface area contributed by atoms with Gasteiger partial charge in [-0.3, -0.25) is 4.79 Å². The number of carbonyl (C=O) groups excluding carboxylic acids is 1. The van der Waals surface area contributed by atoms with Gasteiger partial charge in [-0.15, -0.1) is 0 Å². The third-order valence-corrected chi connectivity index (χ3v) is 4.82. The van der Waals surface area contributed by atoms with Crippen molar-refractivity contribution in [3.63, 3.8) is 0 Å². The fourth-order valence-electron chi connectivity index (χ4n) is 2.31. The normalized spacial score (nSPS) is 12.0. The third-order valence-electron chi connectivity index (χ3n) is 3.77. The zero-order chi connectivity index (χ0) is 18.1. The Balaban J connectivity index is 2.24. The highest BCUT2D eigenvalue weighted by molar-refractivity contribution is 7.89. The lowest BCUT2D eigenvalue weighted by atomic mass is 9.87. The molecule has 2 aromatic rings. The minimum absolute atomic E-state index is 0.00313. The third kappa shape index (κ3) is 4.21. The summed E-state index contributed by atoms with van der Waals surface area (Å²) in [4.78, 5) is 12.3. The van der Waals surface area contributed by atoms with E-state index in [0.717, 1.165) is 5.56 Å². The molecule has 128 valence electrons. The first-order chi connectivity index (χ1) is 11.0. The van der Waals surface area contributed by atoms with Crippen molar-refractivity contribution >= 4 is 21.6 Å². The molecule has 0 saturated carbocycles. The fraction of sp³-hybridized carbons (Fsp3) is 0.278. The Morgan fingerprint density at radius 3 is 2.12 bits per heavy atom. The summed E-state index contributed by atoms with van der Waals surface area (Å²) in [6.07, 6.45) is 0. The first-order valence-electron chi connectivity index (χ1n) is 7.54. The molecule has 2 aromatic carbocycles. The SMILES string of the molecule is Cc1ccc(NC(=O)c2ccc(C(C)(C)C)cc2)cc1S(N)(=O)=O. The van der Waals surface area contributed by atoms with Gasteiger partial charge in [-0.1, -0.05) is 39.0 Å². The zero-order valence-electron chi connectivity index (χ0n) is 14.3. The van der Waals surface area contributed by atoms with Crippen LogP contribution in [0, 0.1) is 6.92 Å². The van der Waals surface area contributed by atoms with Gasteiger partial charge in [0.25, 0.3) is 5.91 Å². The van der Waals surface area contributed by atoms with Crippen LogP contribution in [0.15, 0.2) is 47.4 Å². The van der Waals surface area contributed by atoms with Crippen molar-refractivity contribution in [1.29, 1.82) is 0 Å². The van der Waals surface area contributed by atoms with Crippen LogP contribution >= 0.6 is 0 Å². The Morgan fingerprint density at radius 2 is 1.62 bits per heavy atom. The number of hydrogen-bond donors (Lipinski definition) is 2. The van der Waals surface area contributed by atoms with Crippen molar-refractivity contribution in [3.05, 3.63) is 59.2 Å². The van der Waals surface area contributed by atoms with Crippen LogP contribution in [0.25, 0.3) is 0 Å². The zero-order valence-corrected chi connectivity index (χ0v) is 15.1. The average molecular weight is 346 g/mol. The van der Waals surface area contributed by atoms with Crippen molar-refractivity contribution in [1.82, 2.24) is 0 Å². The van der Waals surface area contributed by atoms with Crippen LogP contribution in [-0.2, 0) is 15.4 Å². The van der Waals surface area contributed by atoms with Crippen molar-refractivity contribution in [3.8, 4) is 0 Å². The lowest BCUT2D eigenvalue weighted by Gasteiger charge is -2.19. The number of anilines is 1. The highest BCUT2D eigenvalue weighted by Gasteiger charge is 2.16. The highest BCUT2D eigenvalue weighted by atomic mass is 32.2. The number of rotatable bonds is 3. The van der Waals surface area contributed by atoms with Crippen LogP contribution in [0.4, 0.5) is 5.69 Å². The minimum Gasteiger partial charge on any atom is -0.322 e. The maximum Gasteiger partial charge on any atom is 0.255 e. The second-order valence-corrected chi connectivity index (χ2v) is 8.34. The molecular weight excluding hydrogens is 324 g/mol. The van der Waals surface area contributed by atoms with E-state index in [1.54, 1.807) is 31.2 Å². The molecule has 0 bridgehead atoms. The Kier molecular flexibility index (Phi) is 4.82. The van der Waals surface area contributed by atoms with Gasteiger partial charge >= 0.3 is 0 Å². The Labute approximate surface area is 142 Å². The topological polar surface area (TPSA) is 89.3 Å². The molecule has 0 radical (unpaired) electrons. The molecule has 5 nitrogen and oxygen atoms in total. The molecule has 0 aliphatic carbocycles. The van der Waals surface area contributed by atoms with Crippen LogP contribution in [0.5, 0.6) is 0 Å². The quantitative estimate of drug-likeness (QED) is 0.894. The van der Waals surface area contributed by atoms with Gasteiger partial charge in [-0.2, -0.15) is 0 Å². The Hall–Kier alpha value is -2.18. The number of nitrogens with two attached hydrogens (primary N) is 1. The number of sulfonamides is 1. The molecule has 24 heavy (non-hydrogen) atoms. The number of amides is 1. The van der Waals surface area contributed by atoms with Gasteiger partial charge in [-0.25, -0.2) is 13.6 Å². The van der Waals surface area contributed by atoms with Gasteiger partial charge in [0.15, 0.2) is 0 Å². The minimum atomic E-state index is -3.83. The summed E-state index contributed by atoms with van der Waals surface area (Å²) in [5.74, 6) is -0.306. The van der Waals surface area contributed by atoms with Gasteiger partial charge in [-0.05, 0) is 47.7 Å². The molecule has 0 saturated heterocycles. The monoisotopic (exact) mass is 346 g/mol. The molecule has 0 aliphatic heterocycles. The van der Waals surface area contributed by atoms with Gasteiger partial charge in [0.1, 0.15) is 0 Å². The molecule has 6 heteroatoms. The summed E-state index contributed by atoms with van der Waals surface area (Å²) >= 11 is 0. The van der Waals surface area contributed by atoms with Crippen molar-refractivity contribution < 1.29 is 13.2 Å². The van der Waals surface area contributed by atoms with E-state index in [4.69, 9.17) is 5.14 Å². The second-order valence-electron chi connectivity index (χ2n) is 6.81. The molecule has 0 aliphatic rings. The smallest absolute Gasteiger partial charge is 0.255 e. The van der Waals surface area contributed by atoms with Gasteiger partial charge < -0.3 is 5.32 Å². The summed E-state index contributed by atoms with van der Waals surface area (Å²) < 4.78 is 23.1. The lowest BCUT2D eigenvalue weighted by Crippen LogP contribution is -2.16. The van der Waals surface area contributed by atoms with Gasteiger partial charge in [0, 0.05) is 11.3 Å². The van der Waals surface area contributed by atoms with E-state index in [9.17, 15) is 13.2 Å². The maximum absolute atomic E-state index is 12.3. The molecule has 0 aromatic heterocycles. The first-order valence-corrected chi connectivity index (χ1v) is 9.08. The van der Waals surface area contributed by atoms with Gasteiger partial charge in [0.05, 0.1) is 4.90 Å². The summed E-state index contributed by atoms with van der Waals surface area (Å²) in [6, 6.07) is 12.0. The standard InChI is InChI=1S/C18H22N2O3S/c1-12-5-10-15(11-16(12)24(19,22)23)20-17(21)13-6-8-14(9-7-13)18(2,3)4/h5-11H,1-4H3,(H,20,21)(H2,19,22,23). The number of nitrogens with one attached hydrogen (secondary N) is 1.